The van der Waals surface area contributed by atoms with E-state index in [0.717, 1.165) is 4.88 Å². The predicted molar refractivity (Wildman–Crippen MR) is 43.2 cm³/mol. The van der Waals surface area contributed by atoms with Gasteiger partial charge < -0.3 is 5.21 Å². The van der Waals surface area contributed by atoms with Gasteiger partial charge >= 0.3 is 0 Å². The molecule has 1 heterocycles. The van der Waals surface area contributed by atoms with Gasteiger partial charge in [-0.3, -0.25) is 0 Å². The predicted octanol–water partition coefficient (Wildman–Crippen LogP) is 2.17. The van der Waals surface area contributed by atoms with Gasteiger partial charge in [0, 0.05) is 9.75 Å². The van der Waals surface area contributed by atoms with Crippen molar-refractivity contribution in [3.8, 4) is 0 Å². The van der Waals surface area contributed by atoms with Crippen LogP contribution in [0, 0.1) is 13.8 Å². The average Bonchev–Trinajstić information content (AvgIpc) is 2.14. The van der Waals surface area contributed by atoms with Crippen molar-refractivity contribution >= 4 is 17.6 Å². The fourth-order valence-corrected chi connectivity index (χ4v) is 1.63. The smallest absolute Gasteiger partial charge is 0.0833 e. The van der Waals surface area contributed by atoms with Gasteiger partial charge in [-0.25, -0.2) is 0 Å². The first-order chi connectivity index (χ1) is 4.74. The topological polar surface area (TPSA) is 32.6 Å². The van der Waals surface area contributed by atoms with Crippen LogP contribution in [-0.4, -0.2) is 11.4 Å². The fraction of sp³-hybridized carbons (Fsp3) is 0.286. The molecule has 0 amide bonds. The molecule has 0 aliphatic carbocycles. The van der Waals surface area contributed by atoms with E-state index in [0.29, 0.717) is 0 Å². The highest BCUT2D eigenvalue weighted by atomic mass is 32.1. The highest BCUT2D eigenvalue weighted by molar-refractivity contribution is 7.13. The molecule has 0 spiro atoms. The molecular formula is C7H9NOS. The van der Waals surface area contributed by atoms with Crippen molar-refractivity contribution in [1.29, 1.82) is 0 Å². The first-order valence-corrected chi connectivity index (χ1v) is 3.80. The van der Waals surface area contributed by atoms with Crippen molar-refractivity contribution < 1.29 is 5.21 Å². The molecule has 2 nitrogen and oxygen atoms in total. The Morgan fingerprint density at radius 3 is 2.70 bits per heavy atom. The minimum atomic E-state index is 0.998. The zero-order chi connectivity index (χ0) is 7.56. The Balaban J connectivity index is 2.98. The second-order valence-corrected chi connectivity index (χ2v) is 3.42. The van der Waals surface area contributed by atoms with E-state index in [1.807, 2.05) is 13.0 Å². The van der Waals surface area contributed by atoms with Crippen LogP contribution in [0.25, 0.3) is 0 Å². The Hall–Kier alpha value is -0.830. The van der Waals surface area contributed by atoms with Gasteiger partial charge in [0.25, 0.3) is 0 Å². The first kappa shape index (κ1) is 7.28. The normalized spacial score (nSPS) is 11.0. The van der Waals surface area contributed by atoms with Crippen molar-refractivity contribution in [1.82, 2.24) is 0 Å². The van der Waals surface area contributed by atoms with Crippen LogP contribution in [0.15, 0.2) is 11.2 Å². The Morgan fingerprint density at radius 1 is 1.60 bits per heavy atom. The maximum atomic E-state index is 8.20. The molecule has 0 unspecified atom stereocenters. The van der Waals surface area contributed by atoms with Crippen molar-refractivity contribution in [3.63, 3.8) is 0 Å². The van der Waals surface area contributed by atoms with Crippen molar-refractivity contribution in [3.05, 3.63) is 21.4 Å². The van der Waals surface area contributed by atoms with Crippen molar-refractivity contribution in [2.24, 2.45) is 5.16 Å². The Bertz CT molecular complexity index is 233. The molecule has 0 bridgehead atoms. The zero-order valence-electron chi connectivity index (χ0n) is 5.96. The summed E-state index contributed by atoms with van der Waals surface area (Å²) < 4.78 is 0. The number of hydrogen-bond acceptors (Lipinski definition) is 3. The molecule has 0 aromatic carbocycles. The molecule has 1 rings (SSSR count). The average molecular weight is 155 g/mol. The molecule has 0 aliphatic heterocycles. The molecule has 0 fully saturated rings. The number of rotatable bonds is 1. The van der Waals surface area contributed by atoms with E-state index < -0.39 is 0 Å². The van der Waals surface area contributed by atoms with E-state index in [1.54, 1.807) is 11.3 Å². The van der Waals surface area contributed by atoms with Gasteiger partial charge in [0.15, 0.2) is 0 Å². The van der Waals surface area contributed by atoms with Crippen LogP contribution in [0.3, 0.4) is 0 Å². The summed E-state index contributed by atoms with van der Waals surface area (Å²) in [7, 11) is 0. The Morgan fingerprint density at radius 2 is 2.30 bits per heavy atom. The molecule has 1 N–H and O–H groups in total. The summed E-state index contributed by atoms with van der Waals surface area (Å²) in [5.74, 6) is 0. The van der Waals surface area contributed by atoms with E-state index in [4.69, 9.17) is 5.21 Å². The fourth-order valence-electron chi connectivity index (χ4n) is 0.722. The number of thiophene rings is 1. The van der Waals surface area contributed by atoms with Crippen LogP contribution in [0.1, 0.15) is 15.3 Å². The summed E-state index contributed by atoms with van der Waals surface area (Å²) in [6, 6.07) is 2.00. The van der Waals surface area contributed by atoms with Crippen LogP contribution in [0.2, 0.25) is 0 Å². The highest BCUT2D eigenvalue weighted by Gasteiger charge is 1.97. The van der Waals surface area contributed by atoms with Gasteiger partial charge in [0.2, 0.25) is 0 Å². The molecule has 10 heavy (non-hydrogen) atoms. The quantitative estimate of drug-likeness (QED) is 0.376. The van der Waals surface area contributed by atoms with Gasteiger partial charge in [-0.15, -0.1) is 11.3 Å². The van der Waals surface area contributed by atoms with E-state index in [-0.39, 0.29) is 0 Å². The lowest BCUT2D eigenvalue weighted by Gasteiger charge is -1.79. The second kappa shape index (κ2) is 2.84. The van der Waals surface area contributed by atoms with Gasteiger partial charge in [0.05, 0.1) is 6.21 Å². The number of aryl methyl sites for hydroxylation is 2. The van der Waals surface area contributed by atoms with Crippen LogP contribution in [0.5, 0.6) is 0 Å². The SMILES string of the molecule is Cc1cc(C=NO)sc1C. The molecule has 1 aromatic heterocycles. The highest BCUT2D eigenvalue weighted by Crippen LogP contribution is 2.18. The van der Waals surface area contributed by atoms with Gasteiger partial charge in [0.1, 0.15) is 0 Å². The minimum absolute atomic E-state index is 0.998. The molecule has 0 aliphatic rings. The van der Waals surface area contributed by atoms with Crippen LogP contribution >= 0.6 is 11.3 Å². The Kier molecular flexibility index (Phi) is 2.06. The van der Waals surface area contributed by atoms with Crippen molar-refractivity contribution in [2.75, 3.05) is 0 Å². The molecule has 0 radical (unpaired) electrons. The maximum absolute atomic E-state index is 8.20. The third kappa shape index (κ3) is 1.36. The molecule has 0 atom stereocenters. The third-order valence-electron chi connectivity index (χ3n) is 1.37. The van der Waals surface area contributed by atoms with E-state index in [1.165, 1.54) is 16.7 Å². The number of nitrogens with zero attached hydrogens (tertiary/aromatic N) is 1. The maximum Gasteiger partial charge on any atom is 0.0833 e. The molecular weight excluding hydrogens is 146 g/mol. The lowest BCUT2D eigenvalue weighted by molar-refractivity contribution is 0.322. The van der Waals surface area contributed by atoms with Gasteiger partial charge in [-0.05, 0) is 25.5 Å². The van der Waals surface area contributed by atoms with Crippen LogP contribution in [-0.2, 0) is 0 Å². The summed E-state index contributed by atoms with van der Waals surface area (Å²) in [6.45, 7) is 4.09. The molecule has 54 valence electrons. The zero-order valence-corrected chi connectivity index (χ0v) is 6.77. The Labute approximate surface area is 63.8 Å². The summed E-state index contributed by atoms with van der Waals surface area (Å²) in [5, 5.41) is 11.1. The standard InChI is InChI=1S/C7H9NOS/c1-5-3-7(4-8-9)10-6(5)2/h3-4,9H,1-2H3. The van der Waals surface area contributed by atoms with E-state index in [2.05, 4.69) is 12.1 Å². The lowest BCUT2D eigenvalue weighted by atomic mass is 10.3. The van der Waals surface area contributed by atoms with Gasteiger partial charge in [-0.1, -0.05) is 5.16 Å². The minimum Gasteiger partial charge on any atom is -0.411 e. The summed E-state index contributed by atoms with van der Waals surface area (Å²) in [6.07, 6.45) is 1.45. The summed E-state index contributed by atoms with van der Waals surface area (Å²) in [5.41, 5.74) is 1.25. The van der Waals surface area contributed by atoms with Crippen LogP contribution in [0.4, 0.5) is 0 Å². The number of hydrogen-bond donors (Lipinski definition) is 1. The van der Waals surface area contributed by atoms with Crippen molar-refractivity contribution in [2.45, 2.75) is 13.8 Å². The summed E-state index contributed by atoms with van der Waals surface area (Å²) in [4.78, 5) is 2.27. The number of oxime groups is 1. The van der Waals surface area contributed by atoms with E-state index in [9.17, 15) is 0 Å². The third-order valence-corrected chi connectivity index (χ3v) is 2.46. The molecule has 0 saturated heterocycles. The summed E-state index contributed by atoms with van der Waals surface area (Å²) >= 11 is 1.63. The van der Waals surface area contributed by atoms with Crippen LogP contribution < -0.4 is 0 Å². The first-order valence-electron chi connectivity index (χ1n) is 2.98. The van der Waals surface area contributed by atoms with Gasteiger partial charge in [-0.2, -0.15) is 0 Å². The molecule has 0 saturated carbocycles. The second-order valence-electron chi connectivity index (χ2n) is 2.13. The lowest BCUT2D eigenvalue weighted by Crippen LogP contribution is -1.69. The monoisotopic (exact) mass is 155 g/mol. The molecule has 3 heteroatoms. The van der Waals surface area contributed by atoms with E-state index >= 15 is 0 Å². The largest absolute Gasteiger partial charge is 0.411 e. The molecule has 1 aromatic rings.